The van der Waals surface area contributed by atoms with Crippen LogP contribution in [0.4, 0.5) is 0 Å². The number of hydrogen-bond acceptors (Lipinski definition) is 4. The van der Waals surface area contributed by atoms with Crippen LogP contribution in [0.3, 0.4) is 0 Å². The summed E-state index contributed by atoms with van der Waals surface area (Å²) in [6, 6.07) is 0.268. The molecule has 1 saturated heterocycles. The van der Waals surface area contributed by atoms with Crippen molar-refractivity contribution in [2.24, 2.45) is 12.8 Å². The van der Waals surface area contributed by atoms with Crippen molar-refractivity contribution in [2.45, 2.75) is 12.1 Å². The zero-order chi connectivity index (χ0) is 11.7. The Morgan fingerprint density at radius 1 is 1.62 bits per heavy atom. The van der Waals surface area contributed by atoms with Crippen molar-refractivity contribution >= 4 is 23.4 Å². The molecule has 90 valence electrons. The van der Waals surface area contributed by atoms with E-state index in [9.17, 15) is 0 Å². The second-order valence-electron chi connectivity index (χ2n) is 4.15. The van der Waals surface area contributed by atoms with Crippen molar-refractivity contribution in [3.05, 3.63) is 16.9 Å². The lowest BCUT2D eigenvalue weighted by atomic mass is 10.1. The number of nitrogens with zero attached hydrogens (tertiary/aromatic N) is 3. The third-order valence-electron chi connectivity index (χ3n) is 3.11. The molecule has 2 N–H and O–H groups in total. The molecule has 2 atom stereocenters. The van der Waals surface area contributed by atoms with Crippen molar-refractivity contribution in [2.75, 3.05) is 25.1 Å². The van der Waals surface area contributed by atoms with E-state index in [4.69, 9.17) is 17.3 Å². The summed E-state index contributed by atoms with van der Waals surface area (Å²) in [5, 5.41) is 4.80. The predicted molar refractivity (Wildman–Crippen MR) is 68.9 cm³/mol. The first-order valence-corrected chi connectivity index (χ1v) is 6.85. The van der Waals surface area contributed by atoms with Gasteiger partial charge in [0.15, 0.2) is 0 Å². The summed E-state index contributed by atoms with van der Waals surface area (Å²) in [6.45, 7) is 1.08. The Balaban J connectivity index is 2.20. The van der Waals surface area contributed by atoms with Gasteiger partial charge in [0.05, 0.1) is 23.0 Å². The van der Waals surface area contributed by atoms with Crippen LogP contribution in [0.15, 0.2) is 6.20 Å². The van der Waals surface area contributed by atoms with E-state index in [1.165, 1.54) is 5.75 Å². The highest BCUT2D eigenvalue weighted by atomic mass is 35.5. The Morgan fingerprint density at radius 2 is 2.38 bits per heavy atom. The zero-order valence-corrected chi connectivity index (χ0v) is 11.1. The number of hydrogen-bond donors (Lipinski definition) is 1. The largest absolute Gasteiger partial charge is 0.321 e. The van der Waals surface area contributed by atoms with Gasteiger partial charge < -0.3 is 5.73 Å². The molecule has 0 amide bonds. The van der Waals surface area contributed by atoms with E-state index in [1.807, 2.05) is 18.8 Å². The first-order chi connectivity index (χ1) is 7.61. The Hall–Kier alpha value is -0.230. The summed E-state index contributed by atoms with van der Waals surface area (Å²) in [7, 11) is 4.01. The lowest BCUT2D eigenvalue weighted by Gasteiger charge is -2.36. The van der Waals surface area contributed by atoms with Crippen molar-refractivity contribution in [1.82, 2.24) is 14.7 Å². The maximum Gasteiger partial charge on any atom is 0.0834 e. The van der Waals surface area contributed by atoms with Crippen LogP contribution in [0.5, 0.6) is 0 Å². The quantitative estimate of drug-likeness (QED) is 0.866. The first kappa shape index (κ1) is 12.2. The fourth-order valence-corrected chi connectivity index (χ4v) is 3.64. The number of likely N-dealkylation sites (N-methyl/N-ethyl adjacent to an activating group) is 1. The van der Waals surface area contributed by atoms with Crippen molar-refractivity contribution < 1.29 is 0 Å². The van der Waals surface area contributed by atoms with E-state index in [0.717, 1.165) is 18.0 Å². The third kappa shape index (κ3) is 2.22. The molecule has 2 unspecified atom stereocenters. The molecule has 0 bridgehead atoms. The minimum atomic E-state index is -0.0715. The monoisotopic (exact) mass is 260 g/mol. The van der Waals surface area contributed by atoms with Crippen molar-refractivity contribution in [3.8, 4) is 0 Å². The molecule has 1 aliphatic rings. The van der Waals surface area contributed by atoms with E-state index < -0.39 is 0 Å². The van der Waals surface area contributed by atoms with Crippen LogP contribution in [0, 0.1) is 0 Å². The number of aromatic nitrogens is 2. The molecule has 0 aliphatic carbocycles. The van der Waals surface area contributed by atoms with Crippen molar-refractivity contribution in [3.63, 3.8) is 0 Å². The number of rotatable bonds is 2. The van der Waals surface area contributed by atoms with Gasteiger partial charge in [-0.15, -0.1) is 0 Å². The minimum absolute atomic E-state index is 0.0715. The second kappa shape index (κ2) is 4.96. The van der Waals surface area contributed by atoms with Crippen LogP contribution < -0.4 is 5.73 Å². The molecule has 0 spiro atoms. The molecule has 0 radical (unpaired) electrons. The highest BCUT2D eigenvalue weighted by molar-refractivity contribution is 7.99. The lowest BCUT2D eigenvalue weighted by Crippen LogP contribution is -2.46. The summed E-state index contributed by atoms with van der Waals surface area (Å²) >= 11 is 8.07. The van der Waals surface area contributed by atoms with E-state index in [1.54, 1.807) is 10.9 Å². The Kier molecular flexibility index (Phi) is 3.79. The van der Waals surface area contributed by atoms with Gasteiger partial charge in [-0.25, -0.2) is 0 Å². The molecular formula is C10H17ClN4S. The molecule has 0 saturated carbocycles. The third-order valence-corrected chi connectivity index (χ3v) is 4.45. The number of thioether (sulfide) groups is 1. The van der Waals surface area contributed by atoms with E-state index in [0.29, 0.717) is 11.1 Å². The fourth-order valence-electron chi connectivity index (χ4n) is 2.06. The van der Waals surface area contributed by atoms with Crippen LogP contribution in [0.2, 0.25) is 5.02 Å². The summed E-state index contributed by atoms with van der Waals surface area (Å²) < 4.78 is 1.78. The average molecular weight is 261 g/mol. The number of halogens is 1. The van der Waals surface area contributed by atoms with Gasteiger partial charge in [-0.3, -0.25) is 9.58 Å². The molecule has 6 heteroatoms. The zero-order valence-electron chi connectivity index (χ0n) is 9.56. The van der Waals surface area contributed by atoms with Gasteiger partial charge in [-0.05, 0) is 7.05 Å². The van der Waals surface area contributed by atoms with Crippen LogP contribution in [0.25, 0.3) is 0 Å². The van der Waals surface area contributed by atoms with Gasteiger partial charge in [-0.1, -0.05) is 11.6 Å². The van der Waals surface area contributed by atoms with Crippen LogP contribution in [0.1, 0.15) is 11.7 Å². The van der Waals surface area contributed by atoms with E-state index in [-0.39, 0.29) is 6.04 Å². The first-order valence-electron chi connectivity index (χ1n) is 5.32. The molecule has 1 aromatic rings. The van der Waals surface area contributed by atoms with Gasteiger partial charge in [0.2, 0.25) is 0 Å². The van der Waals surface area contributed by atoms with E-state index in [2.05, 4.69) is 17.0 Å². The molecular weight excluding hydrogens is 244 g/mol. The van der Waals surface area contributed by atoms with Crippen molar-refractivity contribution in [1.29, 1.82) is 0 Å². The highest BCUT2D eigenvalue weighted by Gasteiger charge is 2.29. The SMILES string of the molecule is CN1CCSCC1C(N)c1c(Cl)cnn1C. The fraction of sp³-hybridized carbons (Fsp3) is 0.700. The number of nitrogens with two attached hydrogens (primary N) is 1. The predicted octanol–water partition coefficient (Wildman–Crippen LogP) is 1.12. The maximum atomic E-state index is 6.31. The average Bonchev–Trinajstić information content (AvgIpc) is 2.58. The Labute approximate surface area is 105 Å². The van der Waals surface area contributed by atoms with Crippen LogP contribution in [-0.4, -0.2) is 45.8 Å². The summed E-state index contributed by atoms with van der Waals surface area (Å²) in [6.07, 6.45) is 1.66. The van der Waals surface area contributed by atoms with Gasteiger partial charge in [-0.2, -0.15) is 16.9 Å². The Bertz CT molecular complexity index is 348. The molecule has 1 aliphatic heterocycles. The smallest absolute Gasteiger partial charge is 0.0834 e. The normalized spacial score (nSPS) is 24.6. The molecule has 1 aromatic heterocycles. The number of aryl methyl sites for hydroxylation is 1. The van der Waals surface area contributed by atoms with Gasteiger partial charge in [0.25, 0.3) is 0 Å². The maximum absolute atomic E-state index is 6.31. The topological polar surface area (TPSA) is 47.1 Å². The molecule has 0 aromatic carbocycles. The molecule has 4 nitrogen and oxygen atoms in total. The van der Waals surface area contributed by atoms with Crippen LogP contribution >= 0.6 is 23.4 Å². The lowest BCUT2D eigenvalue weighted by molar-refractivity contribution is 0.233. The molecule has 1 fully saturated rings. The molecule has 16 heavy (non-hydrogen) atoms. The second-order valence-corrected chi connectivity index (χ2v) is 5.71. The molecule has 2 heterocycles. The minimum Gasteiger partial charge on any atom is -0.321 e. The Morgan fingerprint density at radius 3 is 2.94 bits per heavy atom. The van der Waals surface area contributed by atoms with Gasteiger partial charge in [0.1, 0.15) is 0 Å². The van der Waals surface area contributed by atoms with Gasteiger partial charge >= 0.3 is 0 Å². The summed E-state index contributed by atoms with van der Waals surface area (Å²) in [4.78, 5) is 2.31. The standard InChI is InChI=1S/C10H17ClN4S/c1-14-3-4-16-6-8(14)9(12)10-7(11)5-13-15(10)2/h5,8-9H,3-4,6,12H2,1-2H3. The van der Waals surface area contributed by atoms with E-state index >= 15 is 0 Å². The van der Waals surface area contributed by atoms with Crippen LogP contribution in [-0.2, 0) is 7.05 Å². The van der Waals surface area contributed by atoms with Gasteiger partial charge in [0, 0.05) is 31.1 Å². The summed E-state index contributed by atoms with van der Waals surface area (Å²) in [5.74, 6) is 2.23. The molecule has 2 rings (SSSR count). The summed E-state index contributed by atoms with van der Waals surface area (Å²) in [5.41, 5.74) is 7.24. The highest BCUT2D eigenvalue weighted by Crippen LogP contribution is 2.28.